The smallest absolute Gasteiger partial charge is 0.119 e. The van der Waals surface area contributed by atoms with Crippen LogP contribution in [0, 0.1) is 0 Å². The standard InChI is InChI=1S/C3H6O3P/c4-7-5-2-1-3-6-7/h1-3H2/q+1. The van der Waals surface area contributed by atoms with Gasteiger partial charge in [0, 0.05) is 11.0 Å². The van der Waals surface area contributed by atoms with E-state index in [1.165, 1.54) is 0 Å². The van der Waals surface area contributed by atoms with Crippen molar-refractivity contribution in [3.8, 4) is 0 Å². The van der Waals surface area contributed by atoms with E-state index in [1.807, 2.05) is 0 Å². The van der Waals surface area contributed by atoms with Crippen molar-refractivity contribution in [1.29, 1.82) is 0 Å². The van der Waals surface area contributed by atoms with Gasteiger partial charge < -0.3 is 0 Å². The van der Waals surface area contributed by atoms with Gasteiger partial charge in [-0.1, -0.05) is 0 Å². The molecule has 4 heteroatoms. The van der Waals surface area contributed by atoms with Gasteiger partial charge in [0.1, 0.15) is 13.2 Å². The van der Waals surface area contributed by atoms with Crippen LogP contribution in [0.5, 0.6) is 0 Å². The number of rotatable bonds is 0. The molecule has 1 rings (SSSR count). The predicted octanol–water partition coefficient (Wildman–Crippen LogP) is 1.08. The van der Waals surface area contributed by atoms with Gasteiger partial charge >= 0.3 is 8.25 Å². The number of hydrogen-bond acceptors (Lipinski definition) is 3. The maximum absolute atomic E-state index is 10.2. The van der Waals surface area contributed by atoms with Crippen molar-refractivity contribution in [2.75, 3.05) is 13.2 Å². The lowest BCUT2D eigenvalue weighted by Gasteiger charge is -1.94. The van der Waals surface area contributed by atoms with Crippen LogP contribution in [-0.4, -0.2) is 13.2 Å². The molecule has 1 aliphatic rings. The summed E-state index contributed by atoms with van der Waals surface area (Å²) >= 11 is 0. The van der Waals surface area contributed by atoms with Gasteiger partial charge in [-0.25, -0.2) is 0 Å². The molecule has 0 bridgehead atoms. The van der Waals surface area contributed by atoms with Crippen LogP contribution in [0.15, 0.2) is 0 Å². The Bertz CT molecular complexity index is 74.2. The van der Waals surface area contributed by atoms with Crippen LogP contribution < -0.4 is 0 Å². The summed E-state index contributed by atoms with van der Waals surface area (Å²) in [5.41, 5.74) is 0. The van der Waals surface area contributed by atoms with Gasteiger partial charge in [-0.15, -0.1) is 9.05 Å². The second kappa shape index (κ2) is 2.36. The van der Waals surface area contributed by atoms with Crippen LogP contribution in [-0.2, 0) is 13.6 Å². The quantitative estimate of drug-likeness (QED) is 0.450. The van der Waals surface area contributed by atoms with E-state index in [-0.39, 0.29) is 0 Å². The third-order valence-electron chi connectivity index (χ3n) is 0.682. The summed E-state index contributed by atoms with van der Waals surface area (Å²) in [7, 11) is -1.74. The Morgan fingerprint density at radius 3 is 2.14 bits per heavy atom. The summed E-state index contributed by atoms with van der Waals surface area (Å²) in [6, 6.07) is 0. The summed E-state index contributed by atoms with van der Waals surface area (Å²) in [4.78, 5) is 0. The molecule has 1 saturated heterocycles. The van der Waals surface area contributed by atoms with E-state index in [2.05, 4.69) is 9.05 Å². The lowest BCUT2D eigenvalue weighted by Crippen LogP contribution is -2.00. The lowest BCUT2D eigenvalue weighted by atomic mass is 10.5. The van der Waals surface area contributed by atoms with Crippen molar-refractivity contribution in [3.63, 3.8) is 0 Å². The zero-order valence-electron chi connectivity index (χ0n) is 3.79. The molecule has 1 aliphatic heterocycles. The molecule has 0 aromatic heterocycles. The maximum atomic E-state index is 10.2. The van der Waals surface area contributed by atoms with Gasteiger partial charge in [-0.2, -0.15) is 0 Å². The van der Waals surface area contributed by atoms with Crippen molar-refractivity contribution in [2.24, 2.45) is 0 Å². The molecule has 0 N–H and O–H groups in total. The van der Waals surface area contributed by atoms with Crippen molar-refractivity contribution >= 4 is 8.25 Å². The molecule has 0 unspecified atom stereocenters. The Hall–Kier alpha value is 0.0200. The van der Waals surface area contributed by atoms with Gasteiger partial charge in [-0.05, 0) is 0 Å². The fourth-order valence-electron chi connectivity index (χ4n) is 0.374. The predicted molar refractivity (Wildman–Crippen MR) is 24.1 cm³/mol. The summed E-state index contributed by atoms with van der Waals surface area (Å²) in [5, 5.41) is 0. The molecule has 40 valence electrons. The summed E-state index contributed by atoms with van der Waals surface area (Å²) in [6.45, 7) is 1.16. The van der Waals surface area contributed by atoms with E-state index in [9.17, 15) is 4.57 Å². The molecule has 0 spiro atoms. The van der Waals surface area contributed by atoms with E-state index in [1.54, 1.807) is 0 Å². The summed E-state index contributed by atoms with van der Waals surface area (Å²) < 4.78 is 19.3. The van der Waals surface area contributed by atoms with Crippen molar-refractivity contribution in [3.05, 3.63) is 0 Å². The molecule has 3 nitrogen and oxygen atoms in total. The minimum atomic E-state index is -1.74. The molecule has 0 aromatic carbocycles. The zero-order valence-corrected chi connectivity index (χ0v) is 4.69. The van der Waals surface area contributed by atoms with Crippen LogP contribution in [0.3, 0.4) is 0 Å². The minimum absolute atomic E-state index is 0.579. The molecule has 1 fully saturated rings. The van der Waals surface area contributed by atoms with Gasteiger partial charge in [0.05, 0.1) is 0 Å². The maximum Gasteiger partial charge on any atom is 0.697 e. The average Bonchev–Trinajstić information content (AvgIpc) is 1.69. The minimum Gasteiger partial charge on any atom is -0.119 e. The summed E-state index contributed by atoms with van der Waals surface area (Å²) in [6.07, 6.45) is 0.862. The highest BCUT2D eigenvalue weighted by atomic mass is 31.1. The van der Waals surface area contributed by atoms with E-state index in [4.69, 9.17) is 0 Å². The van der Waals surface area contributed by atoms with Crippen molar-refractivity contribution in [2.45, 2.75) is 6.42 Å². The van der Waals surface area contributed by atoms with Crippen LogP contribution in [0.25, 0.3) is 0 Å². The van der Waals surface area contributed by atoms with Crippen LogP contribution in [0.1, 0.15) is 6.42 Å². The SMILES string of the molecule is O=[P+]1OCCCO1. The first-order valence-electron chi connectivity index (χ1n) is 2.13. The Labute approximate surface area is 42.6 Å². The Kier molecular flexibility index (Phi) is 1.74. The topological polar surface area (TPSA) is 35.5 Å². The largest absolute Gasteiger partial charge is 0.697 e. The molecule has 0 amide bonds. The summed E-state index contributed by atoms with van der Waals surface area (Å²) in [5.74, 6) is 0. The highest BCUT2D eigenvalue weighted by Crippen LogP contribution is 2.27. The monoisotopic (exact) mass is 121 g/mol. The molecule has 0 radical (unpaired) electrons. The van der Waals surface area contributed by atoms with E-state index < -0.39 is 8.25 Å². The van der Waals surface area contributed by atoms with Gasteiger partial charge in [0.25, 0.3) is 0 Å². The highest BCUT2D eigenvalue weighted by molar-refractivity contribution is 7.33. The third-order valence-corrected chi connectivity index (χ3v) is 1.47. The molecular formula is C3H6O3P+. The Balaban J connectivity index is 2.25. The third kappa shape index (κ3) is 1.51. The van der Waals surface area contributed by atoms with Crippen LogP contribution in [0.4, 0.5) is 0 Å². The van der Waals surface area contributed by atoms with Gasteiger partial charge in [-0.3, -0.25) is 0 Å². The average molecular weight is 121 g/mol. The normalized spacial score (nSPS) is 22.6. The van der Waals surface area contributed by atoms with Crippen LogP contribution >= 0.6 is 8.25 Å². The lowest BCUT2D eigenvalue weighted by molar-refractivity contribution is 0.165. The molecular weight excluding hydrogens is 115 g/mol. The van der Waals surface area contributed by atoms with Crippen LogP contribution in [0.2, 0.25) is 0 Å². The first kappa shape index (κ1) is 5.16. The highest BCUT2D eigenvalue weighted by Gasteiger charge is 2.23. The second-order valence-corrected chi connectivity index (χ2v) is 2.21. The molecule has 7 heavy (non-hydrogen) atoms. The first-order valence-corrected chi connectivity index (χ1v) is 3.22. The van der Waals surface area contributed by atoms with E-state index in [0.717, 1.165) is 6.42 Å². The van der Waals surface area contributed by atoms with Gasteiger partial charge in [0.2, 0.25) is 0 Å². The van der Waals surface area contributed by atoms with E-state index in [0.29, 0.717) is 13.2 Å². The van der Waals surface area contributed by atoms with E-state index >= 15 is 0 Å². The van der Waals surface area contributed by atoms with Crippen molar-refractivity contribution < 1.29 is 13.6 Å². The molecule has 0 aromatic rings. The number of hydrogen-bond donors (Lipinski definition) is 0. The fraction of sp³-hybridized carbons (Fsp3) is 1.00. The zero-order chi connectivity index (χ0) is 5.11. The van der Waals surface area contributed by atoms with Gasteiger partial charge in [0.15, 0.2) is 0 Å². The first-order chi connectivity index (χ1) is 3.39. The molecule has 0 atom stereocenters. The second-order valence-electron chi connectivity index (χ2n) is 1.24. The Morgan fingerprint density at radius 1 is 1.29 bits per heavy atom. The fourth-order valence-corrected chi connectivity index (χ4v) is 1.01. The molecule has 0 saturated carbocycles. The Morgan fingerprint density at radius 2 is 1.86 bits per heavy atom. The van der Waals surface area contributed by atoms with Crippen molar-refractivity contribution in [1.82, 2.24) is 0 Å². The molecule has 1 heterocycles. The molecule has 0 aliphatic carbocycles.